The molecule has 2 aromatic carbocycles. The van der Waals surface area contributed by atoms with Gasteiger partial charge in [-0.1, -0.05) is 0 Å². The van der Waals surface area contributed by atoms with Crippen LogP contribution >= 0.6 is 0 Å². The summed E-state index contributed by atoms with van der Waals surface area (Å²) >= 11 is 0. The van der Waals surface area contributed by atoms with E-state index in [0.717, 1.165) is 12.1 Å². The number of nitro benzene ring substituents is 1. The molecule has 2 aromatic rings. The Kier molecular flexibility index (Phi) is 3.76. The van der Waals surface area contributed by atoms with Crippen LogP contribution in [0, 0.1) is 15.9 Å². The zero-order valence-corrected chi connectivity index (χ0v) is 11.3. The average Bonchev–Trinajstić information content (AvgIpc) is 2.41. The smallest absolute Gasteiger partial charge is 0.271 e. The molecule has 0 saturated carbocycles. The topological polar surface area (TPSA) is 115 Å². The van der Waals surface area contributed by atoms with Crippen molar-refractivity contribution in [3.05, 3.63) is 58.4 Å². The van der Waals surface area contributed by atoms with E-state index in [-0.39, 0.29) is 5.69 Å². The third-order valence-electron chi connectivity index (χ3n) is 2.58. The van der Waals surface area contributed by atoms with Crippen molar-refractivity contribution >= 4 is 27.1 Å². The van der Waals surface area contributed by atoms with Crippen LogP contribution in [0.5, 0.6) is 0 Å². The summed E-state index contributed by atoms with van der Waals surface area (Å²) in [4.78, 5) is 9.04. The number of nitrogens with zero attached hydrogens (tertiary/aromatic N) is 1. The average molecular weight is 311 g/mol. The van der Waals surface area contributed by atoms with Gasteiger partial charge in [0.2, 0.25) is 0 Å². The van der Waals surface area contributed by atoms with Gasteiger partial charge in [0.15, 0.2) is 0 Å². The van der Waals surface area contributed by atoms with Gasteiger partial charge in [-0.15, -0.1) is 0 Å². The molecule has 0 aliphatic carbocycles. The molecule has 9 heteroatoms. The van der Waals surface area contributed by atoms with Gasteiger partial charge in [0.1, 0.15) is 10.7 Å². The molecule has 0 heterocycles. The number of benzene rings is 2. The van der Waals surface area contributed by atoms with Gasteiger partial charge >= 0.3 is 0 Å². The fourth-order valence-corrected chi connectivity index (χ4v) is 2.73. The largest absolute Gasteiger partial charge is 0.399 e. The van der Waals surface area contributed by atoms with E-state index in [2.05, 4.69) is 4.72 Å². The first-order valence-electron chi connectivity index (χ1n) is 5.62. The minimum atomic E-state index is -4.28. The molecule has 21 heavy (non-hydrogen) atoms. The molecule has 0 bridgehead atoms. The highest BCUT2D eigenvalue weighted by Gasteiger charge is 2.22. The van der Waals surface area contributed by atoms with Crippen LogP contribution in [0.3, 0.4) is 0 Å². The Labute approximate surface area is 119 Å². The van der Waals surface area contributed by atoms with E-state index in [4.69, 9.17) is 5.73 Å². The van der Waals surface area contributed by atoms with Crippen LogP contribution in [0.25, 0.3) is 0 Å². The summed E-state index contributed by atoms with van der Waals surface area (Å²) in [6, 6.07) is 7.98. The van der Waals surface area contributed by atoms with Crippen LogP contribution in [0.4, 0.5) is 21.5 Å². The summed E-state index contributed by atoms with van der Waals surface area (Å²) in [5.41, 5.74) is 5.54. The molecule has 0 spiro atoms. The molecule has 0 saturated heterocycles. The Bertz CT molecular complexity index is 791. The van der Waals surface area contributed by atoms with Gasteiger partial charge in [0.05, 0.1) is 4.92 Å². The lowest BCUT2D eigenvalue weighted by Gasteiger charge is -2.09. The number of nitrogens with one attached hydrogen (secondary N) is 1. The Morgan fingerprint density at radius 3 is 2.33 bits per heavy atom. The third-order valence-corrected chi connectivity index (χ3v) is 3.97. The molecule has 2 rings (SSSR count). The van der Waals surface area contributed by atoms with Crippen molar-refractivity contribution in [2.75, 3.05) is 10.5 Å². The predicted molar refractivity (Wildman–Crippen MR) is 74.7 cm³/mol. The standard InChI is InChI=1S/C12H10FN3O4S/c13-11-6-5-10(16(17)18)7-12(11)21(19,20)15-9-3-1-8(14)2-4-9/h1-7,15H,14H2. The molecule has 7 nitrogen and oxygen atoms in total. The highest BCUT2D eigenvalue weighted by Crippen LogP contribution is 2.23. The van der Waals surface area contributed by atoms with Crippen LogP contribution in [-0.4, -0.2) is 13.3 Å². The zero-order valence-electron chi connectivity index (χ0n) is 10.5. The Hall–Kier alpha value is -2.68. The third kappa shape index (κ3) is 3.26. The molecule has 0 aliphatic rings. The predicted octanol–water partition coefficient (Wildman–Crippen LogP) is 2.12. The summed E-state index contributed by atoms with van der Waals surface area (Å²) in [5.74, 6) is -1.08. The fourth-order valence-electron chi connectivity index (χ4n) is 1.57. The van der Waals surface area contributed by atoms with Crippen LogP contribution in [-0.2, 0) is 10.0 Å². The quantitative estimate of drug-likeness (QED) is 0.510. The first-order chi connectivity index (χ1) is 9.79. The number of nitrogens with two attached hydrogens (primary N) is 1. The van der Waals surface area contributed by atoms with E-state index in [1.54, 1.807) is 0 Å². The van der Waals surface area contributed by atoms with Crippen molar-refractivity contribution in [3.63, 3.8) is 0 Å². The van der Waals surface area contributed by atoms with Gasteiger partial charge in [-0.05, 0) is 30.3 Å². The van der Waals surface area contributed by atoms with Gasteiger partial charge in [-0.3, -0.25) is 14.8 Å². The van der Waals surface area contributed by atoms with Gasteiger partial charge in [-0.2, -0.15) is 0 Å². The molecule has 3 N–H and O–H groups in total. The van der Waals surface area contributed by atoms with E-state index in [1.807, 2.05) is 0 Å². The summed E-state index contributed by atoms with van der Waals surface area (Å²) in [5, 5.41) is 10.6. The number of hydrogen-bond acceptors (Lipinski definition) is 5. The van der Waals surface area contributed by atoms with Crippen LogP contribution < -0.4 is 10.5 Å². The molecular weight excluding hydrogens is 301 g/mol. The van der Waals surface area contributed by atoms with E-state index < -0.39 is 31.3 Å². The fraction of sp³-hybridized carbons (Fsp3) is 0. The van der Waals surface area contributed by atoms with Crippen LogP contribution in [0.2, 0.25) is 0 Å². The molecule has 0 fully saturated rings. The molecular formula is C12H10FN3O4S. The Morgan fingerprint density at radius 2 is 1.76 bits per heavy atom. The van der Waals surface area contributed by atoms with Crippen molar-refractivity contribution < 1.29 is 17.7 Å². The molecule has 110 valence electrons. The monoisotopic (exact) mass is 311 g/mol. The van der Waals surface area contributed by atoms with Crippen molar-refractivity contribution in [2.24, 2.45) is 0 Å². The van der Waals surface area contributed by atoms with Crippen molar-refractivity contribution in [2.45, 2.75) is 4.90 Å². The van der Waals surface area contributed by atoms with Crippen LogP contribution in [0.15, 0.2) is 47.4 Å². The minimum absolute atomic E-state index is 0.162. The molecule has 0 aliphatic heterocycles. The van der Waals surface area contributed by atoms with Crippen molar-refractivity contribution in [1.82, 2.24) is 0 Å². The van der Waals surface area contributed by atoms with Gasteiger partial charge < -0.3 is 5.73 Å². The highest BCUT2D eigenvalue weighted by atomic mass is 32.2. The summed E-state index contributed by atoms with van der Waals surface area (Å²) in [6.07, 6.45) is 0. The maximum absolute atomic E-state index is 13.6. The molecule has 0 atom stereocenters. The number of halogens is 1. The molecule has 0 amide bonds. The number of sulfonamides is 1. The van der Waals surface area contributed by atoms with E-state index in [1.165, 1.54) is 24.3 Å². The van der Waals surface area contributed by atoms with Crippen molar-refractivity contribution in [3.8, 4) is 0 Å². The first kappa shape index (κ1) is 14.7. The maximum atomic E-state index is 13.6. The Balaban J connectivity index is 2.41. The molecule has 0 unspecified atom stereocenters. The summed E-state index contributed by atoms with van der Waals surface area (Å²) in [7, 11) is -4.28. The SMILES string of the molecule is Nc1ccc(NS(=O)(=O)c2cc([N+](=O)[O-])ccc2F)cc1. The minimum Gasteiger partial charge on any atom is -0.399 e. The second kappa shape index (κ2) is 5.37. The van der Waals surface area contributed by atoms with Gasteiger partial charge in [-0.25, -0.2) is 12.8 Å². The number of anilines is 2. The lowest BCUT2D eigenvalue weighted by molar-refractivity contribution is -0.385. The van der Waals surface area contributed by atoms with Gasteiger partial charge in [0, 0.05) is 23.5 Å². The van der Waals surface area contributed by atoms with E-state index in [9.17, 15) is 22.9 Å². The summed E-state index contributed by atoms with van der Waals surface area (Å²) < 4.78 is 39.9. The second-order valence-corrected chi connectivity index (χ2v) is 5.75. The number of nitro groups is 1. The number of hydrogen-bond donors (Lipinski definition) is 2. The lowest BCUT2D eigenvalue weighted by atomic mass is 10.3. The van der Waals surface area contributed by atoms with E-state index >= 15 is 0 Å². The van der Waals surface area contributed by atoms with Crippen LogP contribution in [0.1, 0.15) is 0 Å². The van der Waals surface area contributed by atoms with Crippen molar-refractivity contribution in [1.29, 1.82) is 0 Å². The zero-order chi connectivity index (χ0) is 15.6. The normalized spacial score (nSPS) is 11.1. The van der Waals surface area contributed by atoms with Gasteiger partial charge in [0.25, 0.3) is 15.7 Å². The molecule has 0 radical (unpaired) electrons. The number of non-ortho nitro benzene ring substituents is 1. The maximum Gasteiger partial charge on any atom is 0.271 e. The Morgan fingerprint density at radius 1 is 1.14 bits per heavy atom. The van der Waals surface area contributed by atoms with E-state index in [0.29, 0.717) is 11.8 Å². The molecule has 0 aromatic heterocycles. The first-order valence-corrected chi connectivity index (χ1v) is 7.10. The second-order valence-electron chi connectivity index (χ2n) is 4.10. The number of nitrogen functional groups attached to an aromatic ring is 1. The number of rotatable bonds is 4. The summed E-state index contributed by atoms with van der Waals surface area (Å²) in [6.45, 7) is 0. The highest BCUT2D eigenvalue weighted by molar-refractivity contribution is 7.92. The lowest BCUT2D eigenvalue weighted by Crippen LogP contribution is -2.15.